The van der Waals surface area contributed by atoms with Crippen LogP contribution in [0.25, 0.3) is 0 Å². The molecule has 6 heteroatoms. The number of benzene rings is 1. The number of aliphatic hydroxyl groups excluding tert-OH is 1. The normalized spacial score (nSPS) is 11.0. The molecule has 1 aromatic carbocycles. The van der Waals surface area contributed by atoms with E-state index in [-0.39, 0.29) is 30.9 Å². The zero-order valence-electron chi connectivity index (χ0n) is 8.79. The summed E-state index contributed by atoms with van der Waals surface area (Å²) in [7, 11) is 0. The molecular weight excluding hydrogens is 235 g/mol. The van der Waals surface area contributed by atoms with E-state index in [1.807, 2.05) is 0 Å². The van der Waals surface area contributed by atoms with Gasteiger partial charge in [0, 0.05) is 13.0 Å². The van der Waals surface area contributed by atoms with Crippen LogP contribution in [0.3, 0.4) is 0 Å². The van der Waals surface area contributed by atoms with Crippen molar-refractivity contribution in [2.75, 3.05) is 13.2 Å². The highest BCUT2D eigenvalue weighted by molar-refractivity contribution is 5.43. The first kappa shape index (κ1) is 13.3. The van der Waals surface area contributed by atoms with Gasteiger partial charge in [-0.05, 0) is 18.2 Å². The molecule has 0 radical (unpaired) electrons. The van der Waals surface area contributed by atoms with Crippen LogP contribution in [0, 0.1) is 11.3 Å². The lowest BCUT2D eigenvalue weighted by Gasteiger charge is -2.13. The molecule has 0 spiro atoms. The van der Waals surface area contributed by atoms with Gasteiger partial charge in [0.1, 0.15) is 5.75 Å². The van der Waals surface area contributed by atoms with Crippen molar-refractivity contribution in [3.05, 3.63) is 29.3 Å². The van der Waals surface area contributed by atoms with Gasteiger partial charge in [-0.2, -0.15) is 18.4 Å². The quantitative estimate of drug-likeness (QED) is 0.828. The Labute approximate surface area is 96.1 Å². The van der Waals surface area contributed by atoms with E-state index in [9.17, 15) is 13.2 Å². The van der Waals surface area contributed by atoms with Crippen LogP contribution in [0.5, 0.6) is 5.75 Å². The number of rotatable bonds is 4. The average molecular weight is 245 g/mol. The van der Waals surface area contributed by atoms with Crippen molar-refractivity contribution in [1.29, 1.82) is 5.26 Å². The van der Waals surface area contributed by atoms with Gasteiger partial charge in [-0.1, -0.05) is 0 Å². The van der Waals surface area contributed by atoms with Crippen LogP contribution in [0.15, 0.2) is 18.2 Å². The fraction of sp³-hybridized carbons (Fsp3) is 0.364. The molecule has 0 aliphatic rings. The second-order valence-corrected chi connectivity index (χ2v) is 3.25. The molecule has 92 valence electrons. The van der Waals surface area contributed by atoms with Gasteiger partial charge in [0.2, 0.25) is 0 Å². The molecule has 0 aliphatic heterocycles. The van der Waals surface area contributed by atoms with Crippen LogP contribution in [0.4, 0.5) is 13.2 Å². The molecule has 3 nitrogen and oxygen atoms in total. The molecule has 1 aromatic rings. The molecule has 0 atom stereocenters. The highest BCUT2D eigenvalue weighted by Crippen LogP contribution is 2.36. The summed E-state index contributed by atoms with van der Waals surface area (Å²) in [6.07, 6.45) is -4.32. The second-order valence-electron chi connectivity index (χ2n) is 3.25. The molecular formula is C11H10F3NO2. The smallest absolute Gasteiger partial charge is 0.420 e. The van der Waals surface area contributed by atoms with Gasteiger partial charge in [0.15, 0.2) is 0 Å². The number of nitriles is 1. The summed E-state index contributed by atoms with van der Waals surface area (Å²) in [5.74, 6) is -0.329. The summed E-state index contributed by atoms with van der Waals surface area (Å²) in [5, 5.41) is 17.1. The van der Waals surface area contributed by atoms with E-state index in [1.54, 1.807) is 6.07 Å². The molecule has 0 amide bonds. The Morgan fingerprint density at radius 1 is 1.35 bits per heavy atom. The van der Waals surface area contributed by atoms with Gasteiger partial charge in [-0.15, -0.1) is 0 Å². The van der Waals surface area contributed by atoms with Crippen molar-refractivity contribution in [3.8, 4) is 11.8 Å². The van der Waals surface area contributed by atoms with Crippen molar-refractivity contribution >= 4 is 0 Å². The molecule has 0 saturated carbocycles. The second kappa shape index (κ2) is 5.55. The summed E-state index contributed by atoms with van der Waals surface area (Å²) in [6, 6.07) is 4.75. The third-order valence-electron chi connectivity index (χ3n) is 1.97. The molecule has 0 unspecified atom stereocenters. The summed E-state index contributed by atoms with van der Waals surface area (Å²) in [5.41, 5.74) is -1.05. The maximum absolute atomic E-state index is 12.6. The van der Waals surface area contributed by atoms with Crippen molar-refractivity contribution in [3.63, 3.8) is 0 Å². The zero-order valence-corrected chi connectivity index (χ0v) is 8.79. The molecule has 0 bridgehead atoms. The number of alkyl halides is 3. The number of ether oxygens (including phenoxy) is 1. The van der Waals surface area contributed by atoms with Crippen LogP contribution < -0.4 is 4.74 Å². The lowest BCUT2D eigenvalue weighted by Crippen LogP contribution is -2.10. The maximum Gasteiger partial charge on any atom is 0.420 e. The van der Waals surface area contributed by atoms with Gasteiger partial charge in [0.05, 0.1) is 23.8 Å². The first-order valence-electron chi connectivity index (χ1n) is 4.84. The Morgan fingerprint density at radius 3 is 2.59 bits per heavy atom. The first-order chi connectivity index (χ1) is 7.99. The lowest BCUT2D eigenvalue weighted by atomic mass is 10.1. The van der Waals surface area contributed by atoms with E-state index in [0.717, 1.165) is 12.1 Å². The molecule has 0 aliphatic carbocycles. The third-order valence-corrected chi connectivity index (χ3v) is 1.97. The summed E-state index contributed by atoms with van der Waals surface area (Å²) >= 11 is 0. The van der Waals surface area contributed by atoms with Gasteiger partial charge < -0.3 is 9.84 Å². The largest absolute Gasteiger partial charge is 0.493 e. The summed E-state index contributed by atoms with van der Waals surface area (Å²) in [4.78, 5) is 0. The highest BCUT2D eigenvalue weighted by Gasteiger charge is 2.34. The molecule has 0 heterocycles. The molecule has 0 saturated heterocycles. The fourth-order valence-electron chi connectivity index (χ4n) is 1.19. The Morgan fingerprint density at radius 2 is 2.06 bits per heavy atom. The minimum atomic E-state index is -4.57. The number of nitrogens with zero attached hydrogens (tertiary/aromatic N) is 1. The van der Waals surface area contributed by atoms with Crippen LogP contribution in [0.1, 0.15) is 17.5 Å². The molecule has 0 fully saturated rings. The van der Waals surface area contributed by atoms with Crippen molar-refractivity contribution in [1.82, 2.24) is 0 Å². The first-order valence-corrected chi connectivity index (χ1v) is 4.84. The standard InChI is InChI=1S/C11H10F3NO2/c12-11(13,14)9-6-8(7-15)2-3-10(9)17-5-1-4-16/h2-3,6,16H,1,4-5H2. The zero-order chi connectivity index (χ0) is 12.9. The van der Waals surface area contributed by atoms with E-state index >= 15 is 0 Å². The summed E-state index contributed by atoms with van der Waals surface area (Å²) in [6.45, 7) is -0.164. The van der Waals surface area contributed by atoms with Gasteiger partial charge in [-0.25, -0.2) is 0 Å². The van der Waals surface area contributed by atoms with Gasteiger partial charge in [0.25, 0.3) is 0 Å². The third kappa shape index (κ3) is 3.64. The van der Waals surface area contributed by atoms with E-state index in [0.29, 0.717) is 0 Å². The fourth-order valence-corrected chi connectivity index (χ4v) is 1.19. The Hall–Kier alpha value is -1.74. The number of aliphatic hydroxyl groups is 1. The van der Waals surface area contributed by atoms with E-state index in [1.165, 1.54) is 6.07 Å². The average Bonchev–Trinajstić information content (AvgIpc) is 2.28. The van der Waals surface area contributed by atoms with Crippen LogP contribution in [-0.4, -0.2) is 18.3 Å². The Kier molecular flexibility index (Phi) is 4.35. The van der Waals surface area contributed by atoms with E-state index in [4.69, 9.17) is 15.1 Å². The van der Waals surface area contributed by atoms with Crippen LogP contribution in [-0.2, 0) is 6.18 Å². The van der Waals surface area contributed by atoms with Crippen LogP contribution in [0.2, 0.25) is 0 Å². The van der Waals surface area contributed by atoms with Crippen molar-refractivity contribution in [2.45, 2.75) is 12.6 Å². The maximum atomic E-state index is 12.6. The monoisotopic (exact) mass is 245 g/mol. The predicted molar refractivity (Wildman–Crippen MR) is 53.4 cm³/mol. The van der Waals surface area contributed by atoms with Crippen molar-refractivity contribution < 1.29 is 23.0 Å². The minimum Gasteiger partial charge on any atom is -0.493 e. The molecule has 17 heavy (non-hydrogen) atoms. The van der Waals surface area contributed by atoms with Crippen molar-refractivity contribution in [2.24, 2.45) is 0 Å². The number of hydrogen-bond acceptors (Lipinski definition) is 3. The molecule has 1 N–H and O–H groups in total. The molecule has 1 rings (SSSR count). The lowest BCUT2D eigenvalue weighted by molar-refractivity contribution is -0.139. The Bertz CT molecular complexity index is 424. The molecule has 0 aromatic heterocycles. The highest BCUT2D eigenvalue weighted by atomic mass is 19.4. The van der Waals surface area contributed by atoms with E-state index < -0.39 is 11.7 Å². The topological polar surface area (TPSA) is 53.2 Å². The SMILES string of the molecule is N#Cc1ccc(OCCCO)c(C(F)(F)F)c1. The number of halogens is 3. The van der Waals surface area contributed by atoms with Crippen LogP contribution >= 0.6 is 0 Å². The number of hydrogen-bond donors (Lipinski definition) is 1. The Balaban J connectivity index is 3.00. The van der Waals surface area contributed by atoms with E-state index in [2.05, 4.69) is 0 Å². The van der Waals surface area contributed by atoms with Gasteiger partial charge >= 0.3 is 6.18 Å². The van der Waals surface area contributed by atoms with Gasteiger partial charge in [-0.3, -0.25) is 0 Å². The summed E-state index contributed by atoms with van der Waals surface area (Å²) < 4.78 is 42.8. The minimum absolute atomic E-state index is 0.00845. The predicted octanol–water partition coefficient (Wildman–Crippen LogP) is 2.34.